The molecule has 2 nitrogen and oxygen atoms in total. The van der Waals surface area contributed by atoms with E-state index in [9.17, 15) is 13.2 Å². The molecule has 0 saturated carbocycles. The van der Waals surface area contributed by atoms with Gasteiger partial charge in [0, 0.05) is 11.9 Å². The van der Waals surface area contributed by atoms with E-state index in [4.69, 9.17) is 4.42 Å². The van der Waals surface area contributed by atoms with Crippen molar-refractivity contribution < 1.29 is 17.6 Å². The van der Waals surface area contributed by atoms with E-state index in [-0.39, 0.29) is 5.58 Å². The Morgan fingerprint density at radius 3 is 2.69 bits per heavy atom. The highest BCUT2D eigenvalue weighted by molar-refractivity contribution is 5.81. The van der Waals surface area contributed by atoms with Crippen LogP contribution < -0.4 is 5.32 Å². The van der Waals surface area contributed by atoms with Crippen molar-refractivity contribution in [2.45, 2.75) is 12.7 Å². The summed E-state index contributed by atoms with van der Waals surface area (Å²) in [5.74, 6) is -0.953. The molecule has 0 radical (unpaired) electrons. The van der Waals surface area contributed by atoms with Crippen LogP contribution in [0.15, 0.2) is 28.7 Å². The van der Waals surface area contributed by atoms with Crippen molar-refractivity contribution >= 4 is 11.0 Å². The van der Waals surface area contributed by atoms with Gasteiger partial charge in [-0.05, 0) is 24.7 Å². The van der Waals surface area contributed by atoms with Crippen LogP contribution in [0, 0.1) is 0 Å². The van der Waals surface area contributed by atoms with Crippen LogP contribution in [0.25, 0.3) is 11.0 Å². The van der Waals surface area contributed by atoms with Gasteiger partial charge in [-0.15, -0.1) is 0 Å². The zero-order chi connectivity index (χ0) is 11.8. The first-order valence-electron chi connectivity index (χ1n) is 4.75. The molecule has 0 amide bonds. The van der Waals surface area contributed by atoms with Gasteiger partial charge in [0.1, 0.15) is 5.58 Å². The average molecular weight is 229 g/mol. The monoisotopic (exact) mass is 229 g/mol. The molecule has 2 aromatic rings. The first-order valence-corrected chi connectivity index (χ1v) is 4.75. The number of furan rings is 1. The molecule has 0 fully saturated rings. The van der Waals surface area contributed by atoms with Crippen molar-refractivity contribution in [3.8, 4) is 0 Å². The molecule has 0 aliphatic rings. The van der Waals surface area contributed by atoms with Crippen LogP contribution in [-0.4, -0.2) is 7.05 Å². The maximum Gasteiger partial charge on any atom is 0.449 e. The second-order valence-electron chi connectivity index (χ2n) is 3.47. The van der Waals surface area contributed by atoms with Crippen LogP contribution >= 0.6 is 0 Å². The fraction of sp³-hybridized carbons (Fsp3) is 0.273. The molecule has 0 spiro atoms. The lowest BCUT2D eigenvalue weighted by Gasteiger charge is -1.99. The third-order valence-corrected chi connectivity index (χ3v) is 2.30. The topological polar surface area (TPSA) is 25.2 Å². The predicted molar refractivity (Wildman–Crippen MR) is 54.0 cm³/mol. The predicted octanol–water partition coefficient (Wildman–Crippen LogP) is 3.17. The van der Waals surface area contributed by atoms with Gasteiger partial charge in [0.15, 0.2) is 0 Å². The van der Waals surface area contributed by atoms with Gasteiger partial charge in [0.2, 0.25) is 5.76 Å². The van der Waals surface area contributed by atoms with Gasteiger partial charge in [-0.1, -0.05) is 12.1 Å². The molecule has 1 aromatic heterocycles. The van der Waals surface area contributed by atoms with Crippen LogP contribution in [0.3, 0.4) is 0 Å². The number of hydrogen-bond donors (Lipinski definition) is 1. The van der Waals surface area contributed by atoms with Crippen molar-refractivity contribution in [3.05, 3.63) is 35.6 Å². The van der Waals surface area contributed by atoms with E-state index in [1.54, 1.807) is 19.2 Å². The van der Waals surface area contributed by atoms with E-state index in [1.165, 1.54) is 6.07 Å². The van der Waals surface area contributed by atoms with Crippen molar-refractivity contribution in [2.75, 3.05) is 7.05 Å². The summed E-state index contributed by atoms with van der Waals surface area (Å²) in [6.45, 7) is 0.508. The summed E-state index contributed by atoms with van der Waals surface area (Å²) in [5, 5.41) is 3.41. The minimum absolute atomic E-state index is 0.264. The van der Waals surface area contributed by atoms with Gasteiger partial charge in [0.25, 0.3) is 0 Å². The Bertz CT molecular complexity index is 501. The van der Waals surface area contributed by atoms with Gasteiger partial charge in [-0.25, -0.2) is 0 Å². The van der Waals surface area contributed by atoms with Gasteiger partial charge in [0.05, 0.1) is 0 Å². The van der Waals surface area contributed by atoms with Crippen molar-refractivity contribution in [1.82, 2.24) is 5.32 Å². The number of benzene rings is 1. The zero-order valence-corrected chi connectivity index (χ0v) is 8.56. The summed E-state index contributed by atoms with van der Waals surface area (Å²) >= 11 is 0. The standard InChI is InChI=1S/C11H10F3NO/c1-15-6-7-3-2-4-9-8(7)5-10(16-9)11(12,13)14/h2-5,15H,6H2,1H3. The number of fused-ring (bicyclic) bond motifs is 1. The first-order chi connectivity index (χ1) is 7.52. The van der Waals surface area contributed by atoms with Crippen molar-refractivity contribution in [3.63, 3.8) is 0 Å². The molecule has 86 valence electrons. The molecule has 1 N–H and O–H groups in total. The van der Waals surface area contributed by atoms with E-state index in [2.05, 4.69) is 5.32 Å². The van der Waals surface area contributed by atoms with Crippen molar-refractivity contribution in [1.29, 1.82) is 0 Å². The van der Waals surface area contributed by atoms with E-state index in [0.717, 1.165) is 11.6 Å². The number of hydrogen-bond acceptors (Lipinski definition) is 2. The molecule has 0 atom stereocenters. The lowest BCUT2D eigenvalue weighted by molar-refractivity contribution is -0.152. The second-order valence-corrected chi connectivity index (χ2v) is 3.47. The maximum absolute atomic E-state index is 12.4. The normalized spacial score (nSPS) is 12.2. The SMILES string of the molecule is CNCc1cccc2oc(C(F)(F)F)cc12. The van der Waals surface area contributed by atoms with Crippen LogP contribution in [0.5, 0.6) is 0 Å². The van der Waals surface area contributed by atoms with Crippen molar-refractivity contribution in [2.24, 2.45) is 0 Å². The quantitative estimate of drug-likeness (QED) is 0.855. The molecule has 2 rings (SSSR count). The molecular weight excluding hydrogens is 219 g/mol. The number of rotatable bonds is 2. The summed E-state index contributed by atoms with van der Waals surface area (Å²) in [5.41, 5.74) is 1.05. The molecule has 0 saturated heterocycles. The van der Waals surface area contributed by atoms with Gasteiger partial charge in [-0.3, -0.25) is 0 Å². The molecule has 0 aliphatic carbocycles. The zero-order valence-electron chi connectivity index (χ0n) is 8.56. The van der Waals surface area contributed by atoms with Crippen LogP contribution in [0.4, 0.5) is 13.2 Å². The van der Waals surface area contributed by atoms with Crippen LogP contribution in [0.2, 0.25) is 0 Å². The molecule has 0 unspecified atom stereocenters. The Labute approximate surface area is 90.0 Å². The summed E-state index contributed by atoms with van der Waals surface area (Å²) in [4.78, 5) is 0. The fourth-order valence-corrected chi connectivity index (χ4v) is 1.61. The molecular formula is C11H10F3NO. The molecule has 1 heterocycles. The van der Waals surface area contributed by atoms with Crippen LogP contribution in [0.1, 0.15) is 11.3 Å². The summed E-state index contributed by atoms with van der Waals surface area (Å²) in [6, 6.07) is 6.03. The van der Waals surface area contributed by atoms with Crippen LogP contribution in [-0.2, 0) is 12.7 Å². The minimum Gasteiger partial charge on any atom is -0.451 e. The summed E-state index contributed by atoms with van der Waals surface area (Å²) in [6.07, 6.45) is -4.43. The fourth-order valence-electron chi connectivity index (χ4n) is 1.61. The Morgan fingerprint density at radius 1 is 1.31 bits per heavy atom. The summed E-state index contributed by atoms with van der Waals surface area (Å²) < 4.78 is 42.1. The highest BCUT2D eigenvalue weighted by Crippen LogP contribution is 2.34. The first kappa shape index (κ1) is 11.0. The van der Waals surface area contributed by atoms with Gasteiger partial charge < -0.3 is 9.73 Å². The second kappa shape index (κ2) is 3.83. The largest absolute Gasteiger partial charge is 0.451 e. The number of halogens is 3. The molecule has 0 aliphatic heterocycles. The Morgan fingerprint density at radius 2 is 2.06 bits per heavy atom. The van der Waals surface area contributed by atoms with Gasteiger partial charge >= 0.3 is 6.18 Å². The minimum atomic E-state index is -4.43. The molecule has 1 aromatic carbocycles. The van der Waals surface area contributed by atoms with E-state index >= 15 is 0 Å². The third-order valence-electron chi connectivity index (χ3n) is 2.30. The Kier molecular flexibility index (Phi) is 2.63. The average Bonchev–Trinajstić information content (AvgIpc) is 2.62. The highest BCUT2D eigenvalue weighted by Gasteiger charge is 2.35. The van der Waals surface area contributed by atoms with Gasteiger partial charge in [-0.2, -0.15) is 13.2 Å². The lowest BCUT2D eigenvalue weighted by atomic mass is 10.1. The number of alkyl halides is 3. The smallest absolute Gasteiger partial charge is 0.449 e. The van der Waals surface area contributed by atoms with E-state index in [0.29, 0.717) is 11.9 Å². The summed E-state index contributed by atoms with van der Waals surface area (Å²) in [7, 11) is 1.74. The van der Waals surface area contributed by atoms with E-state index in [1.807, 2.05) is 0 Å². The van der Waals surface area contributed by atoms with E-state index < -0.39 is 11.9 Å². The molecule has 5 heteroatoms. The molecule has 0 bridgehead atoms. The Hall–Kier alpha value is -1.49. The maximum atomic E-state index is 12.4. The molecule has 16 heavy (non-hydrogen) atoms. The number of nitrogens with one attached hydrogen (secondary N) is 1. The third kappa shape index (κ3) is 1.90. The lowest BCUT2D eigenvalue weighted by Crippen LogP contribution is -2.05. The Balaban J connectivity index is 2.57. The highest BCUT2D eigenvalue weighted by atomic mass is 19.4.